The van der Waals surface area contributed by atoms with Gasteiger partial charge in [-0.1, -0.05) is 13.3 Å². The summed E-state index contributed by atoms with van der Waals surface area (Å²) in [7, 11) is 0. The van der Waals surface area contributed by atoms with Crippen LogP contribution < -0.4 is 15.5 Å². The van der Waals surface area contributed by atoms with Crippen LogP contribution in [0.3, 0.4) is 0 Å². The summed E-state index contributed by atoms with van der Waals surface area (Å²) in [5.74, 6) is -1.09. The van der Waals surface area contributed by atoms with E-state index in [1.54, 1.807) is 12.1 Å². The summed E-state index contributed by atoms with van der Waals surface area (Å²) in [6, 6.07) is 5.15. The van der Waals surface area contributed by atoms with E-state index < -0.39 is 5.97 Å². The van der Waals surface area contributed by atoms with Crippen molar-refractivity contribution in [3.05, 3.63) is 23.8 Å². The van der Waals surface area contributed by atoms with Crippen molar-refractivity contribution >= 4 is 29.2 Å². The normalized spacial score (nSPS) is 17.1. The third-order valence-electron chi connectivity index (χ3n) is 5.40. The molecule has 2 aliphatic rings. The van der Waals surface area contributed by atoms with E-state index in [1.807, 2.05) is 6.07 Å². The van der Waals surface area contributed by atoms with E-state index in [0.717, 1.165) is 64.1 Å². The number of unbranched alkanes of at least 4 members (excludes halogenated alkanes) is 1. The van der Waals surface area contributed by atoms with Gasteiger partial charge in [-0.15, -0.1) is 0 Å². The number of carboxylic acid groups (broad SMARTS) is 1. The highest BCUT2D eigenvalue weighted by Crippen LogP contribution is 2.31. The van der Waals surface area contributed by atoms with Gasteiger partial charge in [0, 0.05) is 44.3 Å². The fourth-order valence-corrected chi connectivity index (χ4v) is 3.42. The van der Waals surface area contributed by atoms with E-state index in [-0.39, 0.29) is 23.3 Å². The Bertz CT molecular complexity index is 755. The van der Waals surface area contributed by atoms with Gasteiger partial charge < -0.3 is 20.6 Å². The minimum atomic E-state index is -1.06. The second kappa shape index (κ2) is 9.73. The van der Waals surface area contributed by atoms with Crippen LogP contribution in [0.1, 0.15) is 43.0 Å². The van der Waals surface area contributed by atoms with Crippen LogP contribution in [-0.2, 0) is 9.59 Å². The Morgan fingerprint density at radius 3 is 2.48 bits per heavy atom. The highest BCUT2D eigenvalue weighted by molar-refractivity contribution is 6.02. The van der Waals surface area contributed by atoms with Gasteiger partial charge in [0.1, 0.15) is 0 Å². The van der Waals surface area contributed by atoms with Crippen molar-refractivity contribution in [1.29, 1.82) is 0 Å². The number of anilines is 2. The third kappa shape index (κ3) is 5.93. The molecule has 1 saturated carbocycles. The summed E-state index contributed by atoms with van der Waals surface area (Å²) in [5, 5.41) is 15.2. The van der Waals surface area contributed by atoms with Crippen molar-refractivity contribution < 1.29 is 19.5 Å². The predicted octanol–water partition coefficient (Wildman–Crippen LogP) is 1.77. The number of carbonyl (C=O) groups is 3. The monoisotopic (exact) mass is 402 g/mol. The fraction of sp³-hybridized carbons (Fsp3) is 0.571. The largest absolute Gasteiger partial charge is 0.478 e. The standard InChI is InChI=1S/C21H30N4O4/c1-2-3-8-22-19(26)14-24-9-11-25(12-10-24)16-6-7-18(17(13-16)21(28)29)23-20(27)15-4-5-15/h6-7,13,15H,2-5,8-12,14H2,1H3,(H,22,26)(H,23,27)(H,28,29). The molecule has 1 aromatic rings. The summed E-state index contributed by atoms with van der Waals surface area (Å²) in [6.07, 6.45) is 3.78. The molecule has 1 aliphatic carbocycles. The Kier molecular flexibility index (Phi) is 7.09. The number of hydrogen-bond donors (Lipinski definition) is 3. The van der Waals surface area contributed by atoms with Crippen molar-refractivity contribution in [3.8, 4) is 0 Å². The molecule has 3 N–H and O–H groups in total. The van der Waals surface area contributed by atoms with E-state index in [9.17, 15) is 19.5 Å². The van der Waals surface area contributed by atoms with Gasteiger partial charge in [0.25, 0.3) is 0 Å². The molecular weight excluding hydrogens is 372 g/mol. The summed E-state index contributed by atoms with van der Waals surface area (Å²) in [4.78, 5) is 39.9. The van der Waals surface area contributed by atoms with Crippen LogP contribution in [0.2, 0.25) is 0 Å². The zero-order valence-corrected chi connectivity index (χ0v) is 16.9. The maximum absolute atomic E-state index is 12.0. The van der Waals surface area contributed by atoms with Crippen LogP contribution in [0.25, 0.3) is 0 Å². The third-order valence-corrected chi connectivity index (χ3v) is 5.40. The van der Waals surface area contributed by atoms with Gasteiger partial charge in [-0.05, 0) is 37.5 Å². The first kappa shape index (κ1) is 21.1. The van der Waals surface area contributed by atoms with Gasteiger partial charge in [0.15, 0.2) is 0 Å². The fourth-order valence-electron chi connectivity index (χ4n) is 3.42. The minimum Gasteiger partial charge on any atom is -0.478 e. The molecular formula is C21H30N4O4. The van der Waals surface area contributed by atoms with E-state index in [0.29, 0.717) is 12.2 Å². The summed E-state index contributed by atoms with van der Waals surface area (Å²) in [5.41, 5.74) is 1.27. The average molecular weight is 402 g/mol. The first-order valence-corrected chi connectivity index (χ1v) is 10.4. The summed E-state index contributed by atoms with van der Waals surface area (Å²) in [6.45, 7) is 6.12. The number of carboxylic acids is 1. The number of nitrogens with zero attached hydrogens (tertiary/aromatic N) is 2. The quantitative estimate of drug-likeness (QED) is 0.544. The molecule has 0 bridgehead atoms. The van der Waals surface area contributed by atoms with Crippen molar-refractivity contribution in [2.45, 2.75) is 32.6 Å². The van der Waals surface area contributed by atoms with Crippen molar-refractivity contribution in [3.63, 3.8) is 0 Å². The average Bonchev–Trinajstić information content (AvgIpc) is 3.54. The molecule has 0 aromatic heterocycles. The zero-order valence-electron chi connectivity index (χ0n) is 16.9. The van der Waals surface area contributed by atoms with Crippen LogP contribution in [0.15, 0.2) is 18.2 Å². The Morgan fingerprint density at radius 1 is 1.14 bits per heavy atom. The minimum absolute atomic E-state index is 0.0172. The molecule has 0 radical (unpaired) electrons. The highest BCUT2D eigenvalue weighted by atomic mass is 16.4. The molecule has 1 saturated heterocycles. The zero-order chi connectivity index (χ0) is 20.8. The maximum atomic E-state index is 12.0. The molecule has 1 aliphatic heterocycles. The molecule has 1 heterocycles. The number of carbonyl (C=O) groups excluding carboxylic acids is 2. The second-order valence-electron chi connectivity index (χ2n) is 7.77. The topological polar surface area (TPSA) is 102 Å². The van der Waals surface area contributed by atoms with Gasteiger partial charge in [0.2, 0.25) is 11.8 Å². The lowest BCUT2D eigenvalue weighted by molar-refractivity contribution is -0.122. The number of benzene rings is 1. The first-order valence-electron chi connectivity index (χ1n) is 10.4. The van der Waals surface area contributed by atoms with Crippen LogP contribution in [-0.4, -0.2) is 67.1 Å². The Hall–Kier alpha value is -2.61. The SMILES string of the molecule is CCCCNC(=O)CN1CCN(c2ccc(NC(=O)C3CC3)c(C(=O)O)c2)CC1. The lowest BCUT2D eigenvalue weighted by Crippen LogP contribution is -2.49. The predicted molar refractivity (Wildman–Crippen MR) is 111 cm³/mol. The number of aromatic carboxylic acids is 1. The van der Waals surface area contributed by atoms with Gasteiger partial charge in [-0.25, -0.2) is 4.79 Å². The van der Waals surface area contributed by atoms with Crippen LogP contribution in [0.4, 0.5) is 11.4 Å². The molecule has 2 amide bonds. The Labute approximate surface area is 171 Å². The van der Waals surface area contributed by atoms with Gasteiger partial charge in [-0.3, -0.25) is 14.5 Å². The maximum Gasteiger partial charge on any atom is 0.337 e. The van der Waals surface area contributed by atoms with Gasteiger partial charge in [-0.2, -0.15) is 0 Å². The first-order chi connectivity index (χ1) is 14.0. The molecule has 8 nitrogen and oxygen atoms in total. The molecule has 8 heteroatoms. The van der Waals surface area contributed by atoms with Crippen molar-refractivity contribution in [2.75, 3.05) is 49.5 Å². The van der Waals surface area contributed by atoms with Crippen molar-refractivity contribution in [2.24, 2.45) is 5.92 Å². The summed E-state index contributed by atoms with van der Waals surface area (Å²) >= 11 is 0. The molecule has 0 spiro atoms. The second-order valence-corrected chi connectivity index (χ2v) is 7.77. The Balaban J connectivity index is 1.56. The lowest BCUT2D eigenvalue weighted by Gasteiger charge is -2.36. The highest BCUT2D eigenvalue weighted by Gasteiger charge is 2.30. The molecule has 3 rings (SSSR count). The number of hydrogen-bond acceptors (Lipinski definition) is 5. The van der Waals surface area contributed by atoms with Gasteiger partial charge in [0.05, 0.1) is 17.8 Å². The van der Waals surface area contributed by atoms with E-state index in [2.05, 4.69) is 27.4 Å². The van der Waals surface area contributed by atoms with Crippen molar-refractivity contribution in [1.82, 2.24) is 10.2 Å². The lowest BCUT2D eigenvalue weighted by atomic mass is 10.1. The Morgan fingerprint density at radius 2 is 1.86 bits per heavy atom. The van der Waals surface area contributed by atoms with E-state index >= 15 is 0 Å². The number of amides is 2. The molecule has 2 fully saturated rings. The number of piperazine rings is 1. The van der Waals surface area contributed by atoms with Crippen LogP contribution >= 0.6 is 0 Å². The molecule has 0 unspecified atom stereocenters. The molecule has 1 aromatic carbocycles. The van der Waals surface area contributed by atoms with E-state index in [1.165, 1.54) is 0 Å². The van der Waals surface area contributed by atoms with E-state index in [4.69, 9.17) is 0 Å². The molecule has 158 valence electrons. The van der Waals surface area contributed by atoms with Crippen LogP contribution in [0.5, 0.6) is 0 Å². The molecule has 0 atom stereocenters. The number of nitrogens with one attached hydrogen (secondary N) is 2. The van der Waals surface area contributed by atoms with Gasteiger partial charge >= 0.3 is 5.97 Å². The summed E-state index contributed by atoms with van der Waals surface area (Å²) < 4.78 is 0. The van der Waals surface area contributed by atoms with Crippen LogP contribution in [0, 0.1) is 5.92 Å². The number of rotatable bonds is 9. The smallest absolute Gasteiger partial charge is 0.337 e. The molecule has 29 heavy (non-hydrogen) atoms.